The van der Waals surface area contributed by atoms with Gasteiger partial charge < -0.3 is 14.4 Å². The van der Waals surface area contributed by atoms with Crippen LogP contribution in [0.4, 0.5) is 0 Å². The van der Waals surface area contributed by atoms with Crippen LogP contribution in [0.3, 0.4) is 0 Å². The molecule has 4 nitrogen and oxygen atoms in total. The summed E-state index contributed by atoms with van der Waals surface area (Å²) in [5.74, 6) is 0.0313. The van der Waals surface area contributed by atoms with E-state index in [0.717, 1.165) is 45.6 Å². The summed E-state index contributed by atoms with van der Waals surface area (Å²) < 4.78 is 10.5. The molecule has 4 heteroatoms. The second kappa shape index (κ2) is 10.4. The van der Waals surface area contributed by atoms with Crippen molar-refractivity contribution in [2.45, 2.75) is 59.3 Å². The average Bonchev–Trinajstić information content (AvgIpc) is 3.21. The van der Waals surface area contributed by atoms with Gasteiger partial charge >= 0.3 is 0 Å². The molecule has 2 aliphatic rings. The second-order valence-corrected chi connectivity index (χ2v) is 5.59. The van der Waals surface area contributed by atoms with E-state index >= 15 is 0 Å². The molecule has 2 fully saturated rings. The van der Waals surface area contributed by atoms with E-state index in [1.165, 1.54) is 5.56 Å². The molecule has 2 aliphatic heterocycles. The summed E-state index contributed by atoms with van der Waals surface area (Å²) in [4.78, 5) is 13.2. The largest absolute Gasteiger partial charge is 0.348 e. The molecule has 130 valence electrons. The molecule has 1 aromatic rings. The first-order valence-electron chi connectivity index (χ1n) is 8.72. The molecular formula is C19H31NO3. The van der Waals surface area contributed by atoms with Crippen LogP contribution in [0, 0.1) is 0 Å². The highest BCUT2D eigenvalue weighted by Crippen LogP contribution is 2.21. The maximum absolute atomic E-state index is 11.3. The van der Waals surface area contributed by atoms with E-state index in [1.807, 2.05) is 43.9 Å². The number of rotatable bonds is 3. The minimum absolute atomic E-state index is 0.264. The predicted octanol–water partition coefficient (Wildman–Crippen LogP) is 3.99. The molecule has 0 atom stereocenters. The molecule has 0 radical (unpaired) electrons. The van der Waals surface area contributed by atoms with Crippen LogP contribution >= 0.6 is 0 Å². The third-order valence-electron chi connectivity index (χ3n) is 3.93. The van der Waals surface area contributed by atoms with Gasteiger partial charge in [0.2, 0.25) is 5.91 Å². The molecule has 0 bridgehead atoms. The summed E-state index contributed by atoms with van der Waals surface area (Å²) in [6.45, 7) is 11.2. The van der Waals surface area contributed by atoms with Crippen molar-refractivity contribution < 1.29 is 14.3 Å². The lowest BCUT2D eigenvalue weighted by atomic mass is 10.2. The molecule has 0 aliphatic carbocycles. The van der Waals surface area contributed by atoms with Crippen molar-refractivity contribution in [2.75, 3.05) is 19.8 Å². The number of amides is 1. The summed E-state index contributed by atoms with van der Waals surface area (Å²) in [7, 11) is 0. The van der Waals surface area contributed by atoms with Crippen molar-refractivity contribution in [3.8, 4) is 0 Å². The zero-order chi connectivity index (χ0) is 17.1. The standard InChI is InChI=1S/C11H13NO.C6H12O2.C2H6/c13-11-7-4-8-12(11)9-10-5-2-1-3-6-10;1-3-6(2)7-4-5-8-6;1-2/h1-3,5-6H,4,7-9H2;3-5H2,1-2H3;1-2H3. The molecule has 1 aromatic carbocycles. The van der Waals surface area contributed by atoms with Crippen molar-refractivity contribution in [3.63, 3.8) is 0 Å². The van der Waals surface area contributed by atoms with Crippen molar-refractivity contribution in [1.29, 1.82) is 0 Å². The Hall–Kier alpha value is -1.39. The van der Waals surface area contributed by atoms with E-state index in [2.05, 4.69) is 19.1 Å². The fourth-order valence-electron chi connectivity index (χ4n) is 2.44. The number of likely N-dealkylation sites (tertiary alicyclic amines) is 1. The Labute approximate surface area is 140 Å². The lowest BCUT2D eigenvalue weighted by molar-refractivity contribution is -0.143. The van der Waals surface area contributed by atoms with Crippen molar-refractivity contribution in [2.24, 2.45) is 0 Å². The Balaban J connectivity index is 0.000000228. The van der Waals surface area contributed by atoms with E-state index in [9.17, 15) is 4.79 Å². The molecule has 23 heavy (non-hydrogen) atoms. The number of carbonyl (C=O) groups excluding carboxylic acids is 1. The Morgan fingerprint density at radius 3 is 2.17 bits per heavy atom. The van der Waals surface area contributed by atoms with E-state index in [1.54, 1.807) is 0 Å². The van der Waals surface area contributed by atoms with Crippen LogP contribution in [0.25, 0.3) is 0 Å². The summed E-state index contributed by atoms with van der Waals surface area (Å²) in [5.41, 5.74) is 1.22. The number of ether oxygens (including phenoxy) is 2. The number of hydrogen-bond donors (Lipinski definition) is 0. The fourth-order valence-corrected chi connectivity index (χ4v) is 2.44. The zero-order valence-electron chi connectivity index (χ0n) is 15.0. The van der Waals surface area contributed by atoms with Gasteiger partial charge in [0.1, 0.15) is 0 Å². The van der Waals surface area contributed by atoms with Crippen LogP contribution in [0.5, 0.6) is 0 Å². The van der Waals surface area contributed by atoms with Crippen LogP contribution in [-0.4, -0.2) is 36.4 Å². The summed E-state index contributed by atoms with van der Waals surface area (Å²) >= 11 is 0. The first kappa shape index (κ1) is 19.7. The summed E-state index contributed by atoms with van der Waals surface area (Å²) in [6, 6.07) is 10.1. The van der Waals surface area contributed by atoms with Crippen LogP contribution in [0.15, 0.2) is 30.3 Å². The SMILES string of the molecule is CC.CCC1(C)OCCO1.O=C1CCCN1Cc1ccccc1. The minimum atomic E-state index is -0.264. The molecule has 0 spiro atoms. The predicted molar refractivity (Wildman–Crippen MR) is 93.0 cm³/mol. The highest BCUT2D eigenvalue weighted by molar-refractivity contribution is 5.78. The minimum Gasteiger partial charge on any atom is -0.348 e. The monoisotopic (exact) mass is 321 g/mol. The van der Waals surface area contributed by atoms with E-state index < -0.39 is 0 Å². The fraction of sp³-hybridized carbons (Fsp3) is 0.632. The van der Waals surface area contributed by atoms with Crippen molar-refractivity contribution in [3.05, 3.63) is 35.9 Å². The molecule has 2 saturated heterocycles. The third kappa shape index (κ3) is 6.71. The third-order valence-corrected chi connectivity index (χ3v) is 3.93. The highest BCUT2D eigenvalue weighted by Gasteiger charge is 2.27. The molecule has 1 amide bonds. The molecule has 0 aromatic heterocycles. The van der Waals surface area contributed by atoms with Gasteiger partial charge in [-0.2, -0.15) is 0 Å². The Bertz CT molecular complexity index is 441. The molecule has 3 rings (SSSR count). The van der Waals surface area contributed by atoms with Crippen molar-refractivity contribution in [1.82, 2.24) is 4.90 Å². The van der Waals surface area contributed by atoms with Crippen molar-refractivity contribution >= 4 is 5.91 Å². The Morgan fingerprint density at radius 1 is 1.13 bits per heavy atom. The van der Waals surface area contributed by atoms with Gasteiger partial charge in [-0.05, 0) is 25.3 Å². The van der Waals surface area contributed by atoms with Gasteiger partial charge in [0.05, 0.1) is 13.2 Å². The van der Waals surface area contributed by atoms with E-state index in [0.29, 0.717) is 5.91 Å². The maximum Gasteiger partial charge on any atom is 0.222 e. The van der Waals surface area contributed by atoms with Gasteiger partial charge in [0, 0.05) is 19.5 Å². The molecule has 2 heterocycles. The van der Waals surface area contributed by atoms with Gasteiger partial charge in [-0.3, -0.25) is 4.79 Å². The summed E-state index contributed by atoms with van der Waals surface area (Å²) in [6.07, 6.45) is 2.69. The zero-order valence-corrected chi connectivity index (χ0v) is 15.0. The van der Waals surface area contributed by atoms with E-state index in [-0.39, 0.29) is 5.79 Å². The van der Waals surface area contributed by atoms with Gasteiger partial charge in [-0.25, -0.2) is 0 Å². The van der Waals surface area contributed by atoms with Gasteiger partial charge in [0.15, 0.2) is 5.79 Å². The first-order chi connectivity index (χ1) is 11.1. The normalized spacial score (nSPS) is 18.8. The Morgan fingerprint density at radius 2 is 1.74 bits per heavy atom. The molecule has 0 saturated carbocycles. The smallest absolute Gasteiger partial charge is 0.222 e. The maximum atomic E-state index is 11.3. The first-order valence-corrected chi connectivity index (χ1v) is 8.72. The lowest BCUT2D eigenvalue weighted by Gasteiger charge is -2.18. The van der Waals surface area contributed by atoms with Crippen LogP contribution in [0.1, 0.15) is 52.5 Å². The number of carbonyl (C=O) groups is 1. The van der Waals surface area contributed by atoms with Crippen LogP contribution in [0.2, 0.25) is 0 Å². The second-order valence-electron chi connectivity index (χ2n) is 5.59. The van der Waals surface area contributed by atoms with Gasteiger partial charge in [0.25, 0.3) is 0 Å². The number of nitrogens with zero attached hydrogens (tertiary/aromatic N) is 1. The number of benzene rings is 1. The summed E-state index contributed by atoms with van der Waals surface area (Å²) in [5, 5.41) is 0. The topological polar surface area (TPSA) is 38.8 Å². The Kier molecular flexibility index (Phi) is 8.89. The molecule has 0 N–H and O–H groups in total. The lowest BCUT2D eigenvalue weighted by Crippen LogP contribution is -2.23. The quantitative estimate of drug-likeness (QED) is 0.845. The molecule has 0 unspecified atom stereocenters. The van der Waals surface area contributed by atoms with Crippen LogP contribution in [-0.2, 0) is 20.8 Å². The number of hydrogen-bond acceptors (Lipinski definition) is 3. The van der Waals surface area contributed by atoms with Gasteiger partial charge in [-0.15, -0.1) is 0 Å². The van der Waals surface area contributed by atoms with E-state index in [4.69, 9.17) is 9.47 Å². The highest BCUT2D eigenvalue weighted by atomic mass is 16.7. The average molecular weight is 321 g/mol. The van der Waals surface area contributed by atoms with Gasteiger partial charge in [-0.1, -0.05) is 51.1 Å². The molecular weight excluding hydrogens is 290 g/mol. The van der Waals surface area contributed by atoms with Crippen LogP contribution < -0.4 is 0 Å².